The summed E-state index contributed by atoms with van der Waals surface area (Å²) in [7, 11) is 0. The summed E-state index contributed by atoms with van der Waals surface area (Å²) < 4.78 is 20.3. The molecule has 0 aliphatic carbocycles. The Balaban J connectivity index is 2.04. The van der Waals surface area contributed by atoms with Crippen molar-refractivity contribution in [3.63, 3.8) is 0 Å². The zero-order valence-electron chi connectivity index (χ0n) is 17.8. The van der Waals surface area contributed by atoms with Crippen LogP contribution in [0.5, 0.6) is 0 Å². The molecule has 3 atom stereocenters. The van der Waals surface area contributed by atoms with Gasteiger partial charge in [0.15, 0.2) is 11.5 Å². The summed E-state index contributed by atoms with van der Waals surface area (Å²) in [5.41, 5.74) is 4.25. The van der Waals surface area contributed by atoms with E-state index in [0.717, 1.165) is 4.90 Å². The number of nitrogens with one attached hydrogen (secondary N) is 1. The Morgan fingerprint density at radius 3 is 2.70 bits per heavy atom. The summed E-state index contributed by atoms with van der Waals surface area (Å²) in [6.45, 7) is 1.67. The molecule has 12 heteroatoms. The van der Waals surface area contributed by atoms with Crippen LogP contribution in [0.15, 0.2) is 30.5 Å². The van der Waals surface area contributed by atoms with Crippen LogP contribution in [0.25, 0.3) is 0 Å². The van der Waals surface area contributed by atoms with Gasteiger partial charge in [0.25, 0.3) is 5.91 Å². The number of nitrogens with zero attached hydrogens (tertiary/aromatic N) is 4. The quantitative estimate of drug-likeness (QED) is 0.507. The number of anilines is 2. The molecule has 11 nitrogen and oxygen atoms in total. The van der Waals surface area contributed by atoms with Gasteiger partial charge in [-0.2, -0.15) is 10.4 Å². The summed E-state index contributed by atoms with van der Waals surface area (Å²) in [6, 6.07) is 6.72. The van der Waals surface area contributed by atoms with E-state index >= 15 is 0 Å². The van der Waals surface area contributed by atoms with Crippen LogP contribution < -0.4 is 11.1 Å². The van der Waals surface area contributed by atoms with Crippen LogP contribution in [0.3, 0.4) is 0 Å². The second kappa shape index (κ2) is 9.66. The number of rotatable bonds is 8. The van der Waals surface area contributed by atoms with E-state index in [2.05, 4.69) is 16.5 Å². The van der Waals surface area contributed by atoms with Crippen LogP contribution in [-0.2, 0) is 9.53 Å². The number of nitrogens with two attached hydrogens (primary N) is 1. The smallest absolute Gasteiger partial charge is 0.409 e. The number of halogens is 1. The maximum absolute atomic E-state index is 13.2. The van der Waals surface area contributed by atoms with Gasteiger partial charge in [0, 0.05) is 25.0 Å². The number of aromatic nitrogens is 2. The third-order valence-corrected chi connectivity index (χ3v) is 5.56. The molecule has 3 rings (SSSR count). The van der Waals surface area contributed by atoms with E-state index in [1.165, 1.54) is 35.1 Å². The van der Waals surface area contributed by atoms with Crippen LogP contribution in [0, 0.1) is 23.1 Å². The maximum atomic E-state index is 13.2. The Morgan fingerprint density at radius 1 is 1.45 bits per heavy atom. The zero-order valence-corrected chi connectivity index (χ0v) is 17.8. The van der Waals surface area contributed by atoms with Crippen molar-refractivity contribution in [1.82, 2.24) is 14.7 Å². The first-order chi connectivity index (χ1) is 15.8. The number of hydrogen-bond donors (Lipinski definition) is 3. The molecule has 1 fully saturated rings. The summed E-state index contributed by atoms with van der Waals surface area (Å²) in [4.78, 5) is 36.4. The standard InChI is InChI=1S/C21H23FN6O5/c1-2-33-21(8-10-29)16(11-23)17(7-9-27(21)20(31)32)28-12-15(18(24)30)19(26-28)25-14-5-3-13(22)4-6-14/h3-6,10,12,16-17H,2,7-9H2,1H3,(H2,24,30)(H,25,26)(H,31,32). The molecule has 1 aliphatic rings. The highest BCUT2D eigenvalue weighted by atomic mass is 19.1. The summed E-state index contributed by atoms with van der Waals surface area (Å²) in [5.74, 6) is -2.26. The van der Waals surface area contributed by atoms with E-state index in [1.807, 2.05) is 0 Å². The molecule has 4 N–H and O–H groups in total. The molecule has 2 heterocycles. The number of likely N-dealkylation sites (tertiary alicyclic amines) is 1. The number of carbonyl (C=O) groups is 3. The van der Waals surface area contributed by atoms with Gasteiger partial charge < -0.3 is 25.7 Å². The number of hydrogen-bond acceptors (Lipinski definition) is 7. The number of piperidine rings is 1. The topological polar surface area (TPSA) is 164 Å². The molecule has 2 amide bonds. The van der Waals surface area contributed by atoms with Gasteiger partial charge in [-0.25, -0.2) is 9.18 Å². The third-order valence-electron chi connectivity index (χ3n) is 5.56. The van der Waals surface area contributed by atoms with Crippen molar-refractivity contribution < 1.29 is 28.6 Å². The molecule has 0 radical (unpaired) electrons. The minimum absolute atomic E-state index is 0.0223. The average molecular weight is 458 g/mol. The minimum Gasteiger partial charge on any atom is -0.465 e. The Labute approximate surface area is 188 Å². The molecule has 0 saturated carbocycles. The molecule has 0 spiro atoms. The summed E-state index contributed by atoms with van der Waals surface area (Å²) in [6.07, 6.45) is 0.372. The van der Waals surface area contributed by atoms with Gasteiger partial charge in [-0.3, -0.25) is 14.4 Å². The molecule has 2 aromatic rings. The lowest BCUT2D eigenvalue weighted by atomic mass is 9.80. The second-order valence-corrected chi connectivity index (χ2v) is 7.41. The van der Waals surface area contributed by atoms with E-state index in [1.54, 1.807) is 6.92 Å². The van der Waals surface area contributed by atoms with E-state index in [4.69, 9.17) is 10.5 Å². The predicted octanol–water partition coefficient (Wildman–Crippen LogP) is 2.25. The highest BCUT2D eigenvalue weighted by Crippen LogP contribution is 2.43. The van der Waals surface area contributed by atoms with E-state index in [-0.39, 0.29) is 37.4 Å². The zero-order chi connectivity index (χ0) is 24.2. The first-order valence-corrected chi connectivity index (χ1v) is 10.2. The lowest BCUT2D eigenvalue weighted by molar-refractivity contribution is -0.191. The third kappa shape index (κ3) is 4.49. The Kier molecular flexibility index (Phi) is 6.93. The fraction of sp³-hybridized carbons (Fsp3) is 0.381. The molecule has 3 unspecified atom stereocenters. The van der Waals surface area contributed by atoms with E-state index < -0.39 is 35.5 Å². The number of amides is 2. The summed E-state index contributed by atoms with van der Waals surface area (Å²) in [5, 5.41) is 27.0. The van der Waals surface area contributed by atoms with E-state index in [0.29, 0.717) is 12.0 Å². The molecular formula is C21H23FN6O5. The lowest BCUT2D eigenvalue weighted by Crippen LogP contribution is -2.63. The predicted molar refractivity (Wildman–Crippen MR) is 113 cm³/mol. The van der Waals surface area contributed by atoms with Crippen molar-refractivity contribution in [3.8, 4) is 6.07 Å². The van der Waals surface area contributed by atoms with Crippen LogP contribution in [-0.4, -0.2) is 57.0 Å². The number of aldehydes is 1. The van der Waals surface area contributed by atoms with Crippen LogP contribution >= 0.6 is 0 Å². The SMILES string of the molecule is CCOC1(CC=O)C(C#N)C(n2cc(C(N)=O)c(Nc3ccc(F)cc3)n2)CCN1C(=O)O. The Hall–Kier alpha value is -3.98. The molecule has 1 aromatic heterocycles. The number of benzene rings is 1. The van der Waals surface area contributed by atoms with Crippen molar-refractivity contribution in [2.45, 2.75) is 31.5 Å². The van der Waals surface area contributed by atoms with Crippen molar-refractivity contribution in [1.29, 1.82) is 5.26 Å². The average Bonchev–Trinajstić information content (AvgIpc) is 3.19. The molecule has 1 aliphatic heterocycles. The number of nitriles is 1. The fourth-order valence-electron chi connectivity index (χ4n) is 4.15. The number of carbonyl (C=O) groups excluding carboxylic acids is 2. The highest BCUT2D eigenvalue weighted by molar-refractivity contribution is 5.98. The van der Waals surface area contributed by atoms with Gasteiger partial charge in [-0.05, 0) is 37.6 Å². The molecule has 174 valence electrons. The van der Waals surface area contributed by atoms with Gasteiger partial charge in [0.1, 0.15) is 23.6 Å². The lowest BCUT2D eigenvalue weighted by Gasteiger charge is -2.49. The molecular weight excluding hydrogens is 435 g/mol. The van der Waals surface area contributed by atoms with Crippen molar-refractivity contribution in [2.24, 2.45) is 11.7 Å². The maximum Gasteiger partial charge on any atom is 0.409 e. The van der Waals surface area contributed by atoms with Gasteiger partial charge in [0.2, 0.25) is 0 Å². The van der Waals surface area contributed by atoms with Gasteiger partial charge in [-0.15, -0.1) is 0 Å². The second-order valence-electron chi connectivity index (χ2n) is 7.41. The fourth-order valence-corrected chi connectivity index (χ4v) is 4.15. The van der Waals surface area contributed by atoms with Crippen molar-refractivity contribution >= 4 is 29.8 Å². The van der Waals surface area contributed by atoms with Gasteiger partial charge >= 0.3 is 6.09 Å². The largest absolute Gasteiger partial charge is 0.465 e. The van der Waals surface area contributed by atoms with E-state index in [9.17, 15) is 29.1 Å². The Morgan fingerprint density at radius 2 is 2.15 bits per heavy atom. The monoisotopic (exact) mass is 458 g/mol. The van der Waals surface area contributed by atoms with Crippen molar-refractivity contribution in [2.75, 3.05) is 18.5 Å². The molecule has 1 aromatic carbocycles. The number of ether oxygens (including phenoxy) is 1. The van der Waals surface area contributed by atoms with Gasteiger partial charge in [-0.1, -0.05) is 0 Å². The molecule has 33 heavy (non-hydrogen) atoms. The van der Waals surface area contributed by atoms with Crippen LogP contribution in [0.2, 0.25) is 0 Å². The minimum atomic E-state index is -1.72. The van der Waals surface area contributed by atoms with Crippen molar-refractivity contribution in [3.05, 3.63) is 41.8 Å². The Bertz CT molecular complexity index is 1080. The van der Waals surface area contributed by atoms with Gasteiger partial charge in [0.05, 0.1) is 18.5 Å². The molecule has 1 saturated heterocycles. The summed E-state index contributed by atoms with van der Waals surface area (Å²) >= 11 is 0. The molecule has 0 bridgehead atoms. The normalized spacial score (nSPS) is 22.4. The van der Waals surface area contributed by atoms with Crippen LogP contribution in [0.1, 0.15) is 36.2 Å². The highest BCUT2D eigenvalue weighted by Gasteiger charge is 2.55. The number of carboxylic acid groups (broad SMARTS) is 1. The number of primary amides is 1. The first kappa shape index (κ1) is 23.7. The van der Waals surface area contributed by atoms with Crippen LogP contribution in [0.4, 0.5) is 20.7 Å². The first-order valence-electron chi connectivity index (χ1n) is 10.2.